The number of nitrogens with zero attached hydrogens (tertiary/aromatic N) is 1. The molecule has 1 aromatic heterocycles. The van der Waals surface area contributed by atoms with Crippen molar-refractivity contribution in [3.63, 3.8) is 0 Å². The molecule has 1 saturated carbocycles. The molecular weight excluding hydrogens is 540 g/mol. The van der Waals surface area contributed by atoms with Gasteiger partial charge < -0.3 is 15.0 Å². The second kappa shape index (κ2) is 11.2. The first kappa shape index (κ1) is 27.6. The molecule has 13 heteroatoms. The number of alkyl halides is 5. The summed E-state index contributed by atoms with van der Waals surface area (Å²) in [5.41, 5.74) is -4.54. The molecule has 6 nitrogen and oxygen atoms in total. The van der Waals surface area contributed by atoms with Gasteiger partial charge in [-0.2, -0.15) is 13.2 Å². The highest BCUT2D eigenvalue weighted by molar-refractivity contribution is 6.31. The van der Waals surface area contributed by atoms with Crippen LogP contribution in [-0.4, -0.2) is 22.0 Å². The van der Waals surface area contributed by atoms with Gasteiger partial charge in [0.2, 0.25) is 5.91 Å². The van der Waals surface area contributed by atoms with Crippen LogP contribution in [0, 0.1) is 11.7 Å². The minimum atomic E-state index is -5.08. The number of carbonyl (C=O) groups excluding carboxylic acids is 1. The fourth-order valence-electron chi connectivity index (χ4n) is 4.00. The van der Waals surface area contributed by atoms with Crippen LogP contribution in [0.2, 0.25) is 5.02 Å². The summed E-state index contributed by atoms with van der Waals surface area (Å²) in [4.78, 5) is 29.4. The van der Waals surface area contributed by atoms with Crippen LogP contribution in [0.1, 0.15) is 41.7 Å². The Morgan fingerprint density at radius 3 is 2.53 bits per heavy atom. The number of benzene rings is 2. The molecule has 0 aliphatic heterocycles. The molecule has 1 aliphatic carbocycles. The molecule has 0 spiro atoms. The Balaban J connectivity index is 1.45. The van der Waals surface area contributed by atoms with E-state index in [4.69, 9.17) is 16.3 Å². The molecule has 0 unspecified atom stereocenters. The average molecular weight is 560 g/mol. The van der Waals surface area contributed by atoms with E-state index < -0.39 is 65.0 Å². The number of aromatic amines is 1. The molecular formula is C25H20ClF6N3O3. The summed E-state index contributed by atoms with van der Waals surface area (Å²) >= 11 is 6.08. The molecule has 4 rings (SSSR count). The molecule has 202 valence electrons. The largest absolute Gasteiger partial charge is 0.417 e. The van der Waals surface area contributed by atoms with E-state index in [1.54, 1.807) is 12.1 Å². The van der Waals surface area contributed by atoms with Gasteiger partial charge in [-0.3, -0.25) is 9.59 Å². The third kappa shape index (κ3) is 6.18. The van der Waals surface area contributed by atoms with Crippen molar-refractivity contribution >= 4 is 17.5 Å². The Hall–Kier alpha value is -3.38. The van der Waals surface area contributed by atoms with Crippen LogP contribution >= 0.6 is 11.6 Å². The van der Waals surface area contributed by atoms with Crippen LogP contribution in [0.15, 0.2) is 47.3 Å². The lowest BCUT2D eigenvalue weighted by Crippen LogP contribution is -2.42. The Kier molecular flexibility index (Phi) is 8.12. The number of carbonyl (C=O) groups is 1. The minimum absolute atomic E-state index is 0.193. The number of amides is 1. The van der Waals surface area contributed by atoms with Gasteiger partial charge in [-0.15, -0.1) is 0 Å². The maximum absolute atomic E-state index is 15.3. The molecule has 3 aromatic rings. The molecule has 0 radical (unpaired) electrons. The quantitative estimate of drug-likeness (QED) is 0.342. The number of aromatic nitrogens is 2. The molecule has 1 fully saturated rings. The summed E-state index contributed by atoms with van der Waals surface area (Å²) in [6, 6.07) is 8.92. The number of hydrogen-bond acceptors (Lipinski definition) is 4. The van der Waals surface area contributed by atoms with Gasteiger partial charge in [0.25, 0.3) is 12.0 Å². The van der Waals surface area contributed by atoms with Crippen molar-refractivity contribution in [2.45, 2.75) is 44.7 Å². The highest BCUT2D eigenvalue weighted by Crippen LogP contribution is 2.39. The van der Waals surface area contributed by atoms with E-state index in [9.17, 15) is 31.5 Å². The third-order valence-electron chi connectivity index (χ3n) is 6.10. The van der Waals surface area contributed by atoms with Gasteiger partial charge >= 0.3 is 6.18 Å². The maximum atomic E-state index is 15.3. The standard InChI is InChI=1S/C25H20ClF6N3O3/c26-17-4-2-1-3-13(17)11-38-15-7-14(8-15)24(37)33-10-12-5-6-16(25(30,31)32)20(21(12)27)23-34-18(22(28)29)9-19(36)35-23/h1-6,9,14-15,22H,7-8,10-11H2,(H,33,37)(H,34,35,36)/t14-,15-. The number of H-pyrrole nitrogens is 1. The van der Waals surface area contributed by atoms with Gasteiger partial charge in [-0.05, 0) is 30.5 Å². The van der Waals surface area contributed by atoms with Gasteiger partial charge in [-0.1, -0.05) is 35.9 Å². The summed E-state index contributed by atoms with van der Waals surface area (Å²) in [5, 5.41) is 3.03. The predicted molar refractivity (Wildman–Crippen MR) is 125 cm³/mol. The third-order valence-corrected chi connectivity index (χ3v) is 6.47. The predicted octanol–water partition coefficient (Wildman–Crippen LogP) is 5.80. The van der Waals surface area contributed by atoms with Gasteiger partial charge in [0.1, 0.15) is 17.3 Å². The molecule has 1 aliphatic rings. The van der Waals surface area contributed by atoms with E-state index in [0.29, 0.717) is 30.0 Å². The van der Waals surface area contributed by atoms with Crippen LogP contribution in [0.25, 0.3) is 11.4 Å². The fourth-order valence-corrected chi connectivity index (χ4v) is 4.19. The lowest BCUT2D eigenvalue weighted by atomic mass is 9.81. The van der Waals surface area contributed by atoms with E-state index in [1.807, 2.05) is 17.1 Å². The normalized spacial score (nSPS) is 17.4. The molecule has 0 atom stereocenters. The molecule has 0 saturated heterocycles. The van der Waals surface area contributed by atoms with Crippen LogP contribution in [-0.2, 0) is 28.9 Å². The lowest BCUT2D eigenvalue weighted by Gasteiger charge is -2.34. The van der Waals surface area contributed by atoms with Gasteiger partial charge in [0.15, 0.2) is 0 Å². The first-order chi connectivity index (χ1) is 17.9. The lowest BCUT2D eigenvalue weighted by molar-refractivity contribution is -0.137. The van der Waals surface area contributed by atoms with Gasteiger partial charge in [0, 0.05) is 29.1 Å². The Labute approximate surface area is 217 Å². The summed E-state index contributed by atoms with van der Waals surface area (Å²) in [6.07, 6.45) is -7.76. The number of nitrogens with one attached hydrogen (secondary N) is 2. The Morgan fingerprint density at radius 2 is 1.87 bits per heavy atom. The highest BCUT2D eigenvalue weighted by Gasteiger charge is 2.38. The summed E-state index contributed by atoms with van der Waals surface area (Å²) in [6.45, 7) is -0.211. The van der Waals surface area contributed by atoms with E-state index in [1.165, 1.54) is 0 Å². The van der Waals surface area contributed by atoms with E-state index >= 15 is 4.39 Å². The SMILES string of the molecule is O=c1cc(C(F)F)nc(-c2c(C(F)(F)F)ccc(CNC(=O)[C@H]3C[C@H](OCc4ccccc4Cl)C3)c2F)[nH]1. The molecule has 2 N–H and O–H groups in total. The number of hydrogen-bond donors (Lipinski definition) is 2. The highest BCUT2D eigenvalue weighted by atomic mass is 35.5. The molecule has 0 bridgehead atoms. The maximum Gasteiger partial charge on any atom is 0.417 e. The molecule has 38 heavy (non-hydrogen) atoms. The molecule has 1 heterocycles. The van der Waals surface area contributed by atoms with Crippen LogP contribution in [0.5, 0.6) is 0 Å². The van der Waals surface area contributed by atoms with Crippen LogP contribution in [0.4, 0.5) is 26.3 Å². The summed E-state index contributed by atoms with van der Waals surface area (Å²) in [7, 11) is 0. The van der Waals surface area contributed by atoms with Crippen molar-refractivity contribution in [3.8, 4) is 11.4 Å². The monoisotopic (exact) mass is 559 g/mol. The van der Waals surface area contributed by atoms with Crippen molar-refractivity contribution < 1.29 is 35.9 Å². The van der Waals surface area contributed by atoms with E-state index in [-0.39, 0.29) is 18.3 Å². The molecule has 1 amide bonds. The fraction of sp³-hybridized carbons (Fsp3) is 0.320. The Morgan fingerprint density at radius 1 is 1.16 bits per heavy atom. The number of halogens is 7. The van der Waals surface area contributed by atoms with Gasteiger partial charge in [-0.25, -0.2) is 18.2 Å². The van der Waals surface area contributed by atoms with Gasteiger partial charge in [0.05, 0.1) is 23.8 Å². The number of rotatable bonds is 8. The number of ether oxygens (including phenoxy) is 1. The zero-order valence-electron chi connectivity index (χ0n) is 19.4. The van der Waals surface area contributed by atoms with Crippen molar-refractivity contribution in [1.29, 1.82) is 0 Å². The Bertz CT molecular complexity index is 1390. The van der Waals surface area contributed by atoms with Crippen LogP contribution in [0.3, 0.4) is 0 Å². The van der Waals surface area contributed by atoms with Crippen molar-refractivity contribution in [2.75, 3.05) is 0 Å². The smallest absolute Gasteiger partial charge is 0.373 e. The van der Waals surface area contributed by atoms with Crippen molar-refractivity contribution in [2.24, 2.45) is 5.92 Å². The molecule has 2 aromatic carbocycles. The second-order valence-electron chi connectivity index (χ2n) is 8.69. The summed E-state index contributed by atoms with van der Waals surface area (Å²) in [5.74, 6) is -3.34. The van der Waals surface area contributed by atoms with Crippen molar-refractivity contribution in [3.05, 3.63) is 86.0 Å². The average Bonchev–Trinajstić information content (AvgIpc) is 2.82. The first-order valence-electron chi connectivity index (χ1n) is 11.3. The zero-order chi connectivity index (χ0) is 27.6. The summed E-state index contributed by atoms with van der Waals surface area (Å²) < 4.78 is 87.9. The minimum Gasteiger partial charge on any atom is -0.373 e. The van der Waals surface area contributed by atoms with E-state index in [2.05, 4.69) is 10.3 Å². The topological polar surface area (TPSA) is 84.1 Å². The van der Waals surface area contributed by atoms with Crippen LogP contribution < -0.4 is 10.9 Å². The zero-order valence-corrected chi connectivity index (χ0v) is 20.2. The van der Waals surface area contributed by atoms with E-state index in [0.717, 1.165) is 11.6 Å². The van der Waals surface area contributed by atoms with Crippen molar-refractivity contribution in [1.82, 2.24) is 15.3 Å². The first-order valence-corrected chi connectivity index (χ1v) is 11.7. The second-order valence-corrected chi connectivity index (χ2v) is 9.10.